The van der Waals surface area contributed by atoms with E-state index in [0.29, 0.717) is 18.8 Å². The molecule has 3 N–H and O–H groups in total. The van der Waals surface area contributed by atoms with Crippen LogP contribution in [-0.4, -0.2) is 36.1 Å². The standard InChI is InChI=1S/C9H12N4O3/c14-8-5-10-7(4-11-8)9(15)12-3-6-1-2-16-13-6/h1-2,7,10H,3-5H2,(H,11,14)(H,12,15). The Balaban J connectivity index is 1.77. The van der Waals surface area contributed by atoms with Crippen molar-refractivity contribution < 1.29 is 14.1 Å². The lowest BCUT2D eigenvalue weighted by Gasteiger charge is -2.22. The Hall–Kier alpha value is -1.89. The highest BCUT2D eigenvalue weighted by Crippen LogP contribution is 1.94. The number of nitrogens with one attached hydrogen (secondary N) is 3. The summed E-state index contributed by atoms with van der Waals surface area (Å²) in [5.74, 6) is -0.261. The van der Waals surface area contributed by atoms with Crippen LogP contribution in [0.3, 0.4) is 0 Å². The minimum Gasteiger partial charge on any atom is -0.364 e. The highest BCUT2D eigenvalue weighted by molar-refractivity contribution is 5.86. The molecule has 7 heteroatoms. The number of carbonyl (C=O) groups excluding carboxylic acids is 2. The summed E-state index contributed by atoms with van der Waals surface area (Å²) in [4.78, 5) is 22.5. The molecule has 16 heavy (non-hydrogen) atoms. The van der Waals surface area contributed by atoms with E-state index in [9.17, 15) is 9.59 Å². The van der Waals surface area contributed by atoms with Gasteiger partial charge in [-0.1, -0.05) is 5.16 Å². The molecule has 86 valence electrons. The molecule has 1 saturated heterocycles. The molecular weight excluding hydrogens is 212 g/mol. The Labute approximate surface area is 91.6 Å². The minimum absolute atomic E-state index is 0.0967. The number of carbonyl (C=O) groups is 2. The van der Waals surface area contributed by atoms with Crippen LogP contribution in [0.5, 0.6) is 0 Å². The van der Waals surface area contributed by atoms with Crippen LogP contribution in [0.2, 0.25) is 0 Å². The average Bonchev–Trinajstić information content (AvgIpc) is 2.80. The molecule has 0 aliphatic carbocycles. The van der Waals surface area contributed by atoms with E-state index in [1.807, 2.05) is 0 Å². The third-order valence-electron chi connectivity index (χ3n) is 2.26. The van der Waals surface area contributed by atoms with E-state index in [-0.39, 0.29) is 24.4 Å². The van der Waals surface area contributed by atoms with Gasteiger partial charge in [0, 0.05) is 12.6 Å². The predicted molar refractivity (Wildman–Crippen MR) is 53.2 cm³/mol. The van der Waals surface area contributed by atoms with Gasteiger partial charge < -0.3 is 15.2 Å². The average molecular weight is 224 g/mol. The first-order valence-electron chi connectivity index (χ1n) is 4.93. The monoisotopic (exact) mass is 224 g/mol. The molecule has 0 aromatic carbocycles. The lowest BCUT2D eigenvalue weighted by Crippen LogP contribution is -2.57. The number of amides is 2. The van der Waals surface area contributed by atoms with Crippen molar-refractivity contribution in [3.63, 3.8) is 0 Å². The van der Waals surface area contributed by atoms with Crippen LogP contribution in [0.1, 0.15) is 5.69 Å². The van der Waals surface area contributed by atoms with Gasteiger partial charge >= 0.3 is 0 Å². The molecule has 1 aliphatic heterocycles. The second-order valence-electron chi connectivity index (χ2n) is 3.45. The summed E-state index contributed by atoms with van der Waals surface area (Å²) < 4.78 is 4.63. The summed E-state index contributed by atoms with van der Waals surface area (Å²) in [6, 6.07) is 1.29. The van der Waals surface area contributed by atoms with E-state index in [2.05, 4.69) is 25.6 Å². The predicted octanol–water partition coefficient (Wildman–Crippen LogP) is -1.62. The number of rotatable bonds is 3. The Morgan fingerprint density at radius 2 is 2.56 bits per heavy atom. The number of nitrogens with zero attached hydrogens (tertiary/aromatic N) is 1. The zero-order valence-electron chi connectivity index (χ0n) is 8.53. The van der Waals surface area contributed by atoms with Crippen LogP contribution in [-0.2, 0) is 16.1 Å². The smallest absolute Gasteiger partial charge is 0.239 e. The van der Waals surface area contributed by atoms with Crippen molar-refractivity contribution in [1.82, 2.24) is 21.1 Å². The fourth-order valence-electron chi connectivity index (χ4n) is 1.38. The fourth-order valence-corrected chi connectivity index (χ4v) is 1.38. The third kappa shape index (κ3) is 2.57. The largest absolute Gasteiger partial charge is 0.364 e. The van der Waals surface area contributed by atoms with Gasteiger partial charge in [-0.05, 0) is 0 Å². The van der Waals surface area contributed by atoms with Crippen LogP contribution >= 0.6 is 0 Å². The molecule has 1 unspecified atom stereocenters. The molecule has 2 amide bonds. The molecule has 0 radical (unpaired) electrons. The SMILES string of the molecule is O=C1CNC(C(=O)NCc2ccon2)CN1. The minimum atomic E-state index is -0.385. The number of piperazine rings is 1. The van der Waals surface area contributed by atoms with Crippen molar-refractivity contribution >= 4 is 11.8 Å². The molecule has 1 aromatic heterocycles. The van der Waals surface area contributed by atoms with E-state index in [4.69, 9.17) is 0 Å². The van der Waals surface area contributed by atoms with Crippen molar-refractivity contribution in [3.05, 3.63) is 18.0 Å². The number of hydrogen-bond donors (Lipinski definition) is 3. The zero-order chi connectivity index (χ0) is 11.4. The van der Waals surface area contributed by atoms with Crippen LogP contribution < -0.4 is 16.0 Å². The van der Waals surface area contributed by atoms with Gasteiger partial charge in [-0.15, -0.1) is 0 Å². The van der Waals surface area contributed by atoms with E-state index in [1.54, 1.807) is 6.07 Å². The summed E-state index contributed by atoms with van der Waals surface area (Å²) in [7, 11) is 0. The molecule has 2 rings (SSSR count). The van der Waals surface area contributed by atoms with Gasteiger partial charge in [0.1, 0.15) is 18.0 Å². The molecular formula is C9H12N4O3. The van der Waals surface area contributed by atoms with Crippen molar-refractivity contribution in [2.24, 2.45) is 0 Å². The van der Waals surface area contributed by atoms with Gasteiger partial charge in [0.05, 0.1) is 13.1 Å². The molecule has 2 heterocycles. The molecule has 0 saturated carbocycles. The summed E-state index contributed by atoms with van der Waals surface area (Å²) in [6.07, 6.45) is 1.45. The maximum atomic E-state index is 11.6. The third-order valence-corrected chi connectivity index (χ3v) is 2.26. The van der Waals surface area contributed by atoms with E-state index in [0.717, 1.165) is 0 Å². The zero-order valence-corrected chi connectivity index (χ0v) is 8.53. The Kier molecular flexibility index (Phi) is 3.16. The van der Waals surface area contributed by atoms with E-state index >= 15 is 0 Å². The van der Waals surface area contributed by atoms with Gasteiger partial charge in [0.25, 0.3) is 0 Å². The van der Waals surface area contributed by atoms with Crippen LogP contribution in [0, 0.1) is 0 Å². The second kappa shape index (κ2) is 4.75. The summed E-state index contributed by atoms with van der Waals surface area (Å²) in [5.41, 5.74) is 0.660. The van der Waals surface area contributed by atoms with Crippen LogP contribution in [0.4, 0.5) is 0 Å². The first-order chi connectivity index (χ1) is 7.75. The van der Waals surface area contributed by atoms with Gasteiger partial charge in [0.2, 0.25) is 11.8 Å². The fraction of sp³-hybridized carbons (Fsp3) is 0.444. The highest BCUT2D eigenvalue weighted by Gasteiger charge is 2.23. The molecule has 0 spiro atoms. The molecule has 1 fully saturated rings. The first kappa shape index (κ1) is 10.6. The van der Waals surface area contributed by atoms with Gasteiger partial charge in [-0.25, -0.2) is 0 Å². The molecule has 1 aromatic rings. The quantitative estimate of drug-likeness (QED) is 0.573. The maximum Gasteiger partial charge on any atom is 0.239 e. The lowest BCUT2D eigenvalue weighted by molar-refractivity contribution is -0.126. The highest BCUT2D eigenvalue weighted by atomic mass is 16.5. The first-order valence-corrected chi connectivity index (χ1v) is 4.93. The second-order valence-corrected chi connectivity index (χ2v) is 3.45. The summed E-state index contributed by atoms with van der Waals surface area (Å²) in [6.45, 7) is 0.799. The molecule has 0 bridgehead atoms. The molecule has 7 nitrogen and oxygen atoms in total. The Bertz CT molecular complexity index is 366. The van der Waals surface area contributed by atoms with Crippen molar-refractivity contribution in [1.29, 1.82) is 0 Å². The number of hydrogen-bond acceptors (Lipinski definition) is 5. The summed E-state index contributed by atoms with van der Waals surface area (Å²) in [5, 5.41) is 11.8. The van der Waals surface area contributed by atoms with Crippen LogP contribution in [0.25, 0.3) is 0 Å². The van der Waals surface area contributed by atoms with Crippen molar-refractivity contribution in [2.45, 2.75) is 12.6 Å². The molecule has 1 atom stereocenters. The van der Waals surface area contributed by atoms with Crippen molar-refractivity contribution in [3.8, 4) is 0 Å². The number of aromatic nitrogens is 1. The van der Waals surface area contributed by atoms with Gasteiger partial charge in [-0.2, -0.15) is 0 Å². The normalized spacial score (nSPS) is 20.2. The Morgan fingerprint density at radius 3 is 3.19 bits per heavy atom. The van der Waals surface area contributed by atoms with Crippen molar-refractivity contribution in [2.75, 3.05) is 13.1 Å². The molecule has 1 aliphatic rings. The van der Waals surface area contributed by atoms with E-state index in [1.165, 1.54) is 6.26 Å². The lowest BCUT2D eigenvalue weighted by atomic mass is 10.2. The maximum absolute atomic E-state index is 11.6. The Morgan fingerprint density at radius 1 is 1.69 bits per heavy atom. The van der Waals surface area contributed by atoms with Gasteiger partial charge in [0.15, 0.2) is 0 Å². The van der Waals surface area contributed by atoms with Gasteiger partial charge in [-0.3, -0.25) is 14.9 Å². The topological polar surface area (TPSA) is 96.3 Å². The van der Waals surface area contributed by atoms with E-state index < -0.39 is 0 Å². The summed E-state index contributed by atoms with van der Waals surface area (Å²) >= 11 is 0. The van der Waals surface area contributed by atoms with Crippen LogP contribution in [0.15, 0.2) is 16.9 Å².